The van der Waals surface area contributed by atoms with Crippen molar-refractivity contribution >= 4 is 22.6 Å². The Morgan fingerprint density at radius 3 is 2.65 bits per heavy atom. The molecule has 3 aromatic rings. The zero-order chi connectivity index (χ0) is 23.7. The molecule has 34 heavy (non-hydrogen) atoms. The number of nitrogens with two attached hydrogens (primary N) is 1. The smallest absolute Gasteiger partial charge is 0.266 e. The van der Waals surface area contributed by atoms with Crippen LogP contribution in [0.15, 0.2) is 53.7 Å². The summed E-state index contributed by atoms with van der Waals surface area (Å²) in [5, 5.41) is 0.315. The summed E-state index contributed by atoms with van der Waals surface area (Å²) in [7, 11) is 0. The van der Waals surface area contributed by atoms with Gasteiger partial charge in [0.25, 0.3) is 5.92 Å². The highest BCUT2D eigenvalue weighted by molar-refractivity contribution is 8.14. The third-order valence-electron chi connectivity index (χ3n) is 6.45. The molecular weight excluding hydrogens is 468 g/mol. The van der Waals surface area contributed by atoms with Crippen LogP contribution in [-0.4, -0.2) is 34.9 Å². The fraction of sp³-hybridized carbons (Fsp3) is 0.250. The molecule has 1 atom stereocenters. The predicted octanol–water partition coefficient (Wildman–Crippen LogP) is 5.28. The van der Waals surface area contributed by atoms with Gasteiger partial charge in [-0.15, -0.1) is 0 Å². The van der Waals surface area contributed by atoms with Crippen molar-refractivity contribution in [2.24, 2.45) is 10.7 Å². The number of anilines is 1. The molecule has 2 aromatic carbocycles. The minimum absolute atomic E-state index is 0.0124. The Balaban J connectivity index is 1.53. The van der Waals surface area contributed by atoms with Gasteiger partial charge in [0.2, 0.25) is 5.95 Å². The fourth-order valence-electron chi connectivity index (χ4n) is 4.80. The van der Waals surface area contributed by atoms with E-state index >= 15 is 4.39 Å². The van der Waals surface area contributed by atoms with Gasteiger partial charge in [-0.3, -0.25) is 0 Å². The molecule has 1 aromatic heterocycles. The second-order valence-electron chi connectivity index (χ2n) is 8.59. The standard InChI is InChI=1S/C24H18F4N4OS/c25-18-10-14(32-7-5-23(27,28)11-32)9-17-20(18)33-19-4-3-13(15-2-1-6-30-21(15)26)8-16(19)24(17)12-34-22(29)31-24/h1-4,6,8-10H,5,7,11-12H2,(H2,29,31). The first-order valence-electron chi connectivity index (χ1n) is 10.6. The Kier molecular flexibility index (Phi) is 4.61. The molecule has 0 aliphatic carbocycles. The topological polar surface area (TPSA) is 63.7 Å². The first-order valence-corrected chi connectivity index (χ1v) is 11.6. The summed E-state index contributed by atoms with van der Waals surface area (Å²) in [6.45, 7) is -0.374. The van der Waals surface area contributed by atoms with Crippen molar-refractivity contribution in [3.8, 4) is 22.6 Å². The minimum Gasteiger partial charge on any atom is -0.453 e. The quantitative estimate of drug-likeness (QED) is 0.394. The number of benzene rings is 2. The van der Waals surface area contributed by atoms with Gasteiger partial charge < -0.3 is 15.4 Å². The number of alkyl halides is 2. The largest absolute Gasteiger partial charge is 0.453 e. The van der Waals surface area contributed by atoms with Crippen molar-refractivity contribution in [1.29, 1.82) is 0 Å². The average molecular weight is 486 g/mol. The van der Waals surface area contributed by atoms with Gasteiger partial charge in [0.05, 0.1) is 6.54 Å². The zero-order valence-corrected chi connectivity index (χ0v) is 18.5. The second-order valence-corrected chi connectivity index (χ2v) is 9.58. The van der Waals surface area contributed by atoms with Gasteiger partial charge >= 0.3 is 0 Å². The monoisotopic (exact) mass is 486 g/mol. The van der Waals surface area contributed by atoms with Crippen LogP contribution < -0.4 is 15.4 Å². The highest BCUT2D eigenvalue weighted by Crippen LogP contribution is 2.55. The van der Waals surface area contributed by atoms with Gasteiger partial charge in [0.15, 0.2) is 16.7 Å². The zero-order valence-electron chi connectivity index (χ0n) is 17.7. The number of hydrogen-bond donors (Lipinski definition) is 1. The number of pyridine rings is 1. The van der Waals surface area contributed by atoms with E-state index in [2.05, 4.69) is 4.98 Å². The molecule has 1 spiro atoms. The van der Waals surface area contributed by atoms with Crippen LogP contribution in [0.4, 0.5) is 23.2 Å². The highest BCUT2D eigenvalue weighted by Gasteiger charge is 2.48. The third kappa shape index (κ3) is 3.23. The van der Waals surface area contributed by atoms with Gasteiger partial charge in [0, 0.05) is 53.4 Å². The van der Waals surface area contributed by atoms with E-state index in [-0.39, 0.29) is 18.7 Å². The average Bonchev–Trinajstić information content (AvgIpc) is 3.37. The Morgan fingerprint density at radius 1 is 1.09 bits per heavy atom. The third-order valence-corrected chi connectivity index (χ3v) is 7.40. The summed E-state index contributed by atoms with van der Waals surface area (Å²) in [5.74, 6) is -3.40. The number of aromatic nitrogens is 1. The number of nitrogens with zero attached hydrogens (tertiary/aromatic N) is 3. The van der Waals surface area contributed by atoms with Crippen LogP contribution in [0.3, 0.4) is 0 Å². The number of thioether (sulfide) groups is 1. The minimum atomic E-state index is -2.83. The number of fused-ring (bicyclic) bond motifs is 4. The van der Waals surface area contributed by atoms with Gasteiger partial charge in [0.1, 0.15) is 11.3 Å². The summed E-state index contributed by atoms with van der Waals surface area (Å²) >= 11 is 1.31. The van der Waals surface area contributed by atoms with Crippen LogP contribution in [0, 0.1) is 11.8 Å². The van der Waals surface area contributed by atoms with E-state index in [9.17, 15) is 13.2 Å². The first-order chi connectivity index (χ1) is 16.3. The molecule has 3 aliphatic heterocycles. The van der Waals surface area contributed by atoms with Crippen LogP contribution in [0.25, 0.3) is 11.1 Å². The molecule has 174 valence electrons. The van der Waals surface area contributed by atoms with Crippen molar-refractivity contribution < 1.29 is 22.3 Å². The number of rotatable bonds is 2. The molecule has 1 unspecified atom stereocenters. The lowest BCUT2D eigenvalue weighted by molar-refractivity contribution is 0.0257. The Labute approximate surface area is 196 Å². The fourth-order valence-corrected chi connectivity index (χ4v) is 5.75. The van der Waals surface area contributed by atoms with E-state index < -0.39 is 29.8 Å². The molecule has 5 nitrogen and oxygen atoms in total. The molecule has 2 N–H and O–H groups in total. The number of aliphatic imine (C=N–C) groups is 1. The molecule has 0 amide bonds. The molecule has 6 rings (SSSR count). The van der Waals surface area contributed by atoms with E-state index in [1.54, 1.807) is 36.4 Å². The molecule has 4 heterocycles. The highest BCUT2D eigenvalue weighted by atomic mass is 32.2. The van der Waals surface area contributed by atoms with Crippen LogP contribution in [0.2, 0.25) is 0 Å². The lowest BCUT2D eigenvalue weighted by Crippen LogP contribution is -2.32. The van der Waals surface area contributed by atoms with Crippen LogP contribution in [-0.2, 0) is 5.54 Å². The molecule has 1 fully saturated rings. The van der Waals surface area contributed by atoms with E-state index in [4.69, 9.17) is 15.5 Å². The van der Waals surface area contributed by atoms with Gasteiger partial charge in [-0.05, 0) is 35.9 Å². The van der Waals surface area contributed by atoms with Crippen molar-refractivity contribution in [2.75, 3.05) is 23.7 Å². The first kappa shape index (κ1) is 21.3. The van der Waals surface area contributed by atoms with Gasteiger partial charge in [-0.25, -0.2) is 23.1 Å². The molecule has 1 saturated heterocycles. The summed E-state index contributed by atoms with van der Waals surface area (Å²) in [6, 6.07) is 11.2. The predicted molar refractivity (Wildman–Crippen MR) is 123 cm³/mol. The Morgan fingerprint density at radius 2 is 1.94 bits per heavy atom. The normalized spacial score (nSPS) is 22.4. The van der Waals surface area contributed by atoms with E-state index in [1.165, 1.54) is 28.9 Å². The number of ether oxygens (including phenoxy) is 1. The number of halogens is 4. The lowest BCUT2D eigenvalue weighted by Gasteiger charge is -2.35. The second kappa shape index (κ2) is 7.36. The number of amidine groups is 1. The molecule has 0 saturated carbocycles. The van der Waals surface area contributed by atoms with Crippen molar-refractivity contribution in [3.63, 3.8) is 0 Å². The van der Waals surface area contributed by atoms with E-state index in [0.29, 0.717) is 44.6 Å². The lowest BCUT2D eigenvalue weighted by atomic mass is 9.80. The summed E-state index contributed by atoms with van der Waals surface area (Å²) in [4.78, 5) is 9.87. The summed E-state index contributed by atoms with van der Waals surface area (Å²) < 4.78 is 63.4. The van der Waals surface area contributed by atoms with Crippen molar-refractivity contribution in [2.45, 2.75) is 17.9 Å². The number of hydrogen-bond acceptors (Lipinski definition) is 6. The Hall–Kier alpha value is -3.27. The molecule has 3 aliphatic rings. The SMILES string of the molecule is NC1=NC2(CS1)c1cc(-c3cccnc3F)ccc1Oc1c(F)cc(N3CCC(F)(F)C3)cc12. The maximum absolute atomic E-state index is 15.3. The molecule has 0 bridgehead atoms. The van der Waals surface area contributed by atoms with Gasteiger partial charge in [-0.2, -0.15) is 4.39 Å². The van der Waals surface area contributed by atoms with Gasteiger partial charge in [-0.1, -0.05) is 17.8 Å². The molecule has 10 heteroatoms. The van der Waals surface area contributed by atoms with Crippen LogP contribution >= 0.6 is 11.8 Å². The Bertz CT molecular complexity index is 1360. The van der Waals surface area contributed by atoms with Crippen LogP contribution in [0.5, 0.6) is 11.5 Å². The van der Waals surface area contributed by atoms with E-state index in [1.807, 2.05) is 0 Å². The summed E-state index contributed by atoms with van der Waals surface area (Å²) in [5.41, 5.74) is 7.14. The molecular formula is C24H18F4N4OS. The van der Waals surface area contributed by atoms with Crippen molar-refractivity contribution in [3.05, 3.63) is 71.6 Å². The van der Waals surface area contributed by atoms with E-state index in [0.717, 1.165) is 0 Å². The van der Waals surface area contributed by atoms with Crippen molar-refractivity contribution in [1.82, 2.24) is 4.98 Å². The van der Waals surface area contributed by atoms with Crippen LogP contribution in [0.1, 0.15) is 17.5 Å². The maximum atomic E-state index is 15.3. The summed E-state index contributed by atoms with van der Waals surface area (Å²) in [6.07, 6.45) is 1.07. The molecule has 0 radical (unpaired) electrons. The maximum Gasteiger partial charge on any atom is 0.266 e.